The summed E-state index contributed by atoms with van der Waals surface area (Å²) < 4.78 is 2.12. The monoisotopic (exact) mass is 389 g/mol. The highest BCUT2D eigenvalue weighted by atomic mass is 16.1. The van der Waals surface area contributed by atoms with Crippen molar-refractivity contribution in [3.63, 3.8) is 0 Å². The molecule has 0 N–H and O–H groups in total. The summed E-state index contributed by atoms with van der Waals surface area (Å²) in [6.45, 7) is 7.01. The van der Waals surface area contributed by atoms with E-state index in [1.807, 2.05) is 11.0 Å². The SMILES string of the molecule is CC(C)c1ccc(-c2nc3ncccn3c2CN2CC3CCC2CN3C=O)cc1. The van der Waals surface area contributed by atoms with E-state index < -0.39 is 0 Å². The van der Waals surface area contributed by atoms with Crippen LogP contribution >= 0.6 is 0 Å². The van der Waals surface area contributed by atoms with Crippen LogP contribution < -0.4 is 0 Å². The topological polar surface area (TPSA) is 53.7 Å². The molecule has 0 saturated carbocycles. The first kappa shape index (κ1) is 18.3. The molecule has 3 fully saturated rings. The van der Waals surface area contributed by atoms with Crippen molar-refractivity contribution in [1.29, 1.82) is 0 Å². The van der Waals surface area contributed by atoms with Crippen LogP contribution in [0.4, 0.5) is 0 Å². The Balaban J connectivity index is 1.51. The van der Waals surface area contributed by atoms with E-state index >= 15 is 0 Å². The fourth-order valence-corrected chi connectivity index (χ4v) is 4.81. The van der Waals surface area contributed by atoms with Gasteiger partial charge in [0.05, 0.1) is 11.4 Å². The van der Waals surface area contributed by atoms with E-state index in [9.17, 15) is 4.79 Å². The lowest BCUT2D eigenvalue weighted by atomic mass is 9.91. The molecular weight excluding hydrogens is 362 g/mol. The number of nitrogens with zero attached hydrogens (tertiary/aromatic N) is 5. The zero-order chi connectivity index (χ0) is 20.0. The highest BCUT2D eigenvalue weighted by molar-refractivity contribution is 5.66. The van der Waals surface area contributed by atoms with Gasteiger partial charge in [0.1, 0.15) is 0 Å². The number of hydrogen-bond acceptors (Lipinski definition) is 4. The fourth-order valence-electron chi connectivity index (χ4n) is 4.81. The number of piperidine rings is 2. The number of carbonyl (C=O) groups is 1. The molecule has 2 aromatic heterocycles. The number of imidazole rings is 1. The number of benzene rings is 1. The van der Waals surface area contributed by atoms with Gasteiger partial charge in [-0.15, -0.1) is 0 Å². The van der Waals surface area contributed by atoms with E-state index in [1.54, 1.807) is 6.20 Å². The smallest absolute Gasteiger partial charge is 0.234 e. The third-order valence-corrected chi connectivity index (χ3v) is 6.53. The van der Waals surface area contributed by atoms with Gasteiger partial charge in [0.2, 0.25) is 12.2 Å². The third kappa shape index (κ3) is 3.21. The third-order valence-electron chi connectivity index (χ3n) is 6.53. The summed E-state index contributed by atoms with van der Waals surface area (Å²) in [5.74, 6) is 1.25. The van der Waals surface area contributed by atoms with Crippen LogP contribution in [0.2, 0.25) is 0 Å². The maximum Gasteiger partial charge on any atom is 0.234 e. The molecule has 150 valence electrons. The molecule has 0 aliphatic carbocycles. The Morgan fingerprint density at radius 2 is 1.93 bits per heavy atom. The standard InChI is InChI=1S/C23H27N5O/c1-16(2)17-4-6-18(7-5-17)22-21(28-11-3-10-24-23(28)25-22)14-26-12-20-9-8-19(26)13-27(20)15-29/h3-7,10-11,15-16,19-20H,8-9,12-14H2,1-2H3. The number of fused-ring (bicyclic) bond motifs is 4. The second kappa shape index (κ2) is 7.26. The number of amides is 1. The maximum absolute atomic E-state index is 11.3. The van der Waals surface area contributed by atoms with Crippen LogP contribution in [0.15, 0.2) is 42.7 Å². The summed E-state index contributed by atoms with van der Waals surface area (Å²) in [4.78, 5) is 25.2. The highest BCUT2D eigenvalue weighted by Gasteiger charge is 2.38. The van der Waals surface area contributed by atoms with Crippen LogP contribution in [0.5, 0.6) is 0 Å². The molecule has 2 bridgehead atoms. The Labute approximate surface area is 171 Å². The van der Waals surface area contributed by atoms with Crippen molar-refractivity contribution >= 4 is 12.2 Å². The summed E-state index contributed by atoms with van der Waals surface area (Å²) in [5, 5.41) is 0. The Bertz CT molecular complexity index is 1030. The number of piperazine rings is 1. The van der Waals surface area contributed by atoms with Gasteiger partial charge in [-0.2, -0.15) is 0 Å². The molecule has 29 heavy (non-hydrogen) atoms. The zero-order valence-corrected chi connectivity index (χ0v) is 17.0. The van der Waals surface area contributed by atoms with Gasteiger partial charge in [0.15, 0.2) is 0 Å². The quantitative estimate of drug-likeness (QED) is 0.628. The fraction of sp³-hybridized carbons (Fsp3) is 0.435. The van der Waals surface area contributed by atoms with Gasteiger partial charge in [-0.1, -0.05) is 38.1 Å². The average molecular weight is 390 g/mol. The van der Waals surface area contributed by atoms with Crippen molar-refractivity contribution in [2.45, 2.75) is 51.2 Å². The van der Waals surface area contributed by atoms with Crippen molar-refractivity contribution in [3.8, 4) is 11.3 Å². The molecule has 3 aliphatic heterocycles. The number of carbonyl (C=O) groups excluding carboxylic acids is 1. The van der Waals surface area contributed by atoms with Crippen molar-refractivity contribution in [2.24, 2.45) is 0 Å². The van der Waals surface area contributed by atoms with E-state index in [0.717, 1.165) is 55.9 Å². The van der Waals surface area contributed by atoms with Crippen LogP contribution in [0, 0.1) is 0 Å². The first-order chi connectivity index (χ1) is 14.1. The first-order valence-corrected chi connectivity index (χ1v) is 10.5. The molecular formula is C23H27N5O. The summed E-state index contributed by atoms with van der Waals surface area (Å²) in [7, 11) is 0. The lowest BCUT2D eigenvalue weighted by molar-refractivity contribution is -0.128. The van der Waals surface area contributed by atoms with Gasteiger partial charge in [0.25, 0.3) is 0 Å². The minimum atomic E-state index is 0.337. The van der Waals surface area contributed by atoms with Crippen LogP contribution in [0.3, 0.4) is 0 Å². The van der Waals surface area contributed by atoms with E-state index in [0.29, 0.717) is 18.0 Å². The lowest BCUT2D eigenvalue weighted by Gasteiger charge is -2.50. The molecule has 6 rings (SSSR count). The second-order valence-corrected chi connectivity index (χ2v) is 8.59. The maximum atomic E-state index is 11.3. The van der Waals surface area contributed by atoms with Gasteiger partial charge >= 0.3 is 0 Å². The largest absolute Gasteiger partial charge is 0.339 e. The van der Waals surface area contributed by atoms with Crippen molar-refractivity contribution in [2.75, 3.05) is 13.1 Å². The van der Waals surface area contributed by atoms with Crippen molar-refractivity contribution < 1.29 is 4.79 Å². The number of aromatic nitrogens is 3. The molecule has 6 nitrogen and oxygen atoms in total. The molecule has 0 radical (unpaired) electrons. The number of hydrogen-bond donors (Lipinski definition) is 0. The Kier molecular flexibility index (Phi) is 4.59. The summed E-state index contributed by atoms with van der Waals surface area (Å²) in [6, 6.07) is 11.5. The Morgan fingerprint density at radius 3 is 2.62 bits per heavy atom. The van der Waals surface area contributed by atoms with Crippen molar-refractivity contribution in [3.05, 3.63) is 54.0 Å². The van der Waals surface area contributed by atoms with Gasteiger partial charge in [-0.05, 0) is 30.4 Å². The molecule has 2 atom stereocenters. The molecule has 5 heterocycles. The molecule has 6 heteroatoms. The van der Waals surface area contributed by atoms with Crippen LogP contribution in [-0.2, 0) is 11.3 Å². The van der Waals surface area contributed by atoms with E-state index in [1.165, 1.54) is 11.3 Å². The molecule has 2 unspecified atom stereocenters. The highest BCUT2D eigenvalue weighted by Crippen LogP contribution is 2.32. The zero-order valence-electron chi connectivity index (χ0n) is 17.0. The molecule has 3 aromatic rings. The number of rotatable bonds is 5. The average Bonchev–Trinajstić information content (AvgIpc) is 3.12. The van der Waals surface area contributed by atoms with Crippen LogP contribution in [0.1, 0.15) is 43.9 Å². The molecule has 1 amide bonds. The van der Waals surface area contributed by atoms with Crippen LogP contribution in [0.25, 0.3) is 17.0 Å². The van der Waals surface area contributed by atoms with E-state index in [-0.39, 0.29) is 0 Å². The lowest BCUT2D eigenvalue weighted by Crippen LogP contribution is -2.61. The summed E-state index contributed by atoms with van der Waals surface area (Å²) in [6.07, 6.45) is 7.13. The Morgan fingerprint density at radius 1 is 1.14 bits per heavy atom. The minimum absolute atomic E-state index is 0.337. The van der Waals surface area contributed by atoms with Crippen molar-refractivity contribution in [1.82, 2.24) is 24.2 Å². The molecule has 3 saturated heterocycles. The van der Waals surface area contributed by atoms with E-state index in [4.69, 9.17) is 4.98 Å². The molecule has 3 aliphatic rings. The molecule has 1 aromatic carbocycles. The minimum Gasteiger partial charge on any atom is -0.339 e. The van der Waals surface area contributed by atoms with E-state index in [2.05, 4.69) is 58.6 Å². The predicted octanol–water partition coefficient (Wildman–Crippen LogP) is 3.32. The van der Waals surface area contributed by atoms with Gasteiger partial charge in [0, 0.05) is 49.7 Å². The second-order valence-electron chi connectivity index (χ2n) is 8.59. The normalized spacial score (nSPS) is 22.0. The molecule has 0 spiro atoms. The summed E-state index contributed by atoms with van der Waals surface area (Å²) >= 11 is 0. The predicted molar refractivity (Wildman–Crippen MR) is 113 cm³/mol. The van der Waals surface area contributed by atoms with Crippen LogP contribution in [-0.4, -0.2) is 55.8 Å². The van der Waals surface area contributed by atoms with Gasteiger partial charge in [-0.25, -0.2) is 9.97 Å². The van der Waals surface area contributed by atoms with Gasteiger partial charge in [-0.3, -0.25) is 14.1 Å². The van der Waals surface area contributed by atoms with Gasteiger partial charge < -0.3 is 4.90 Å². The first-order valence-electron chi connectivity index (χ1n) is 10.5. The summed E-state index contributed by atoms with van der Waals surface area (Å²) in [5.41, 5.74) is 4.65. The Hall–Kier alpha value is -2.73.